The third-order valence-corrected chi connectivity index (χ3v) is 7.63. The van der Waals surface area contributed by atoms with Crippen molar-refractivity contribution < 1.29 is 13.2 Å². The van der Waals surface area contributed by atoms with Crippen molar-refractivity contribution in [3.05, 3.63) is 16.8 Å². The topological polar surface area (TPSA) is 49.9 Å². The predicted molar refractivity (Wildman–Crippen MR) is 87.7 cm³/mol. The van der Waals surface area contributed by atoms with Crippen molar-refractivity contribution >= 4 is 21.4 Å². The van der Waals surface area contributed by atoms with Crippen LogP contribution in [0.2, 0.25) is 0 Å². The van der Waals surface area contributed by atoms with Gasteiger partial charge in [-0.2, -0.15) is 15.6 Å². The average Bonchev–Trinajstić information content (AvgIpc) is 3.10. The summed E-state index contributed by atoms with van der Waals surface area (Å²) in [5, 5.41) is 3.53. The first-order valence-corrected chi connectivity index (χ1v) is 10.3. The second kappa shape index (κ2) is 6.97. The van der Waals surface area contributed by atoms with E-state index >= 15 is 0 Å². The van der Waals surface area contributed by atoms with E-state index in [2.05, 4.69) is 4.90 Å². The van der Waals surface area contributed by atoms with Crippen molar-refractivity contribution in [2.45, 2.75) is 42.7 Å². The zero-order valence-electron chi connectivity index (χ0n) is 13.0. The van der Waals surface area contributed by atoms with E-state index in [-0.39, 0.29) is 6.04 Å². The molecule has 2 fully saturated rings. The molecule has 22 heavy (non-hydrogen) atoms. The van der Waals surface area contributed by atoms with Gasteiger partial charge in [0.2, 0.25) is 10.0 Å². The summed E-state index contributed by atoms with van der Waals surface area (Å²) in [6, 6.07) is 2.42. The third kappa shape index (κ3) is 3.38. The first-order valence-electron chi connectivity index (χ1n) is 7.91. The molecule has 0 aliphatic carbocycles. The molecule has 7 heteroatoms. The Hall–Kier alpha value is -0.470. The summed E-state index contributed by atoms with van der Waals surface area (Å²) >= 11 is 1.42. The molecule has 0 radical (unpaired) electrons. The molecule has 3 heterocycles. The average molecular weight is 345 g/mol. The van der Waals surface area contributed by atoms with Crippen LogP contribution in [0.25, 0.3) is 0 Å². The summed E-state index contributed by atoms with van der Waals surface area (Å²) in [5.74, 6) is 0. The van der Waals surface area contributed by atoms with E-state index < -0.39 is 10.0 Å². The molecule has 2 aliphatic heterocycles. The van der Waals surface area contributed by atoms with E-state index in [1.807, 2.05) is 5.38 Å². The number of ether oxygens (including phenoxy) is 1. The number of piperidine rings is 1. The van der Waals surface area contributed by atoms with Crippen molar-refractivity contribution in [1.82, 2.24) is 9.21 Å². The second-order valence-corrected chi connectivity index (χ2v) is 8.87. The number of hydrogen-bond acceptors (Lipinski definition) is 5. The van der Waals surface area contributed by atoms with Gasteiger partial charge in [0, 0.05) is 37.7 Å². The Bertz CT molecular complexity index is 560. The largest absolute Gasteiger partial charge is 0.381 e. The first kappa shape index (κ1) is 16.4. The van der Waals surface area contributed by atoms with Gasteiger partial charge >= 0.3 is 0 Å². The standard InChI is InChI=1S/C15H24N2O3S2/c1-16(22(18,19)15-6-11-21-12-15)13-2-7-17(8-3-13)14-4-9-20-10-5-14/h6,11-14H,2-5,7-10H2,1H3. The number of thiophene rings is 1. The van der Waals surface area contributed by atoms with E-state index in [1.165, 1.54) is 11.3 Å². The summed E-state index contributed by atoms with van der Waals surface area (Å²) in [6.45, 7) is 3.69. The van der Waals surface area contributed by atoms with Gasteiger partial charge in [-0.15, -0.1) is 0 Å². The molecule has 1 aromatic heterocycles. The number of hydrogen-bond donors (Lipinski definition) is 0. The Labute approximate surface area is 136 Å². The van der Waals surface area contributed by atoms with Crippen molar-refractivity contribution in [2.24, 2.45) is 0 Å². The zero-order chi connectivity index (χ0) is 15.6. The van der Waals surface area contributed by atoms with Crippen LogP contribution in [0, 0.1) is 0 Å². The van der Waals surface area contributed by atoms with Gasteiger partial charge in [-0.05, 0) is 50.2 Å². The van der Waals surface area contributed by atoms with E-state index in [0.29, 0.717) is 10.9 Å². The zero-order valence-corrected chi connectivity index (χ0v) is 14.6. The third-order valence-electron chi connectivity index (χ3n) is 4.89. The minimum Gasteiger partial charge on any atom is -0.381 e. The summed E-state index contributed by atoms with van der Waals surface area (Å²) in [5.41, 5.74) is 0. The Morgan fingerprint density at radius 2 is 1.91 bits per heavy atom. The maximum Gasteiger partial charge on any atom is 0.243 e. The highest BCUT2D eigenvalue weighted by molar-refractivity contribution is 7.89. The molecule has 0 N–H and O–H groups in total. The van der Waals surface area contributed by atoms with Gasteiger partial charge in [0.15, 0.2) is 0 Å². The molecule has 0 aromatic carbocycles. The van der Waals surface area contributed by atoms with E-state index in [1.54, 1.807) is 22.8 Å². The van der Waals surface area contributed by atoms with Crippen LogP contribution in [0.1, 0.15) is 25.7 Å². The molecule has 2 saturated heterocycles. The molecule has 0 amide bonds. The van der Waals surface area contributed by atoms with Crippen molar-refractivity contribution in [2.75, 3.05) is 33.4 Å². The fourth-order valence-electron chi connectivity index (χ4n) is 3.43. The maximum atomic E-state index is 12.6. The second-order valence-electron chi connectivity index (χ2n) is 6.09. The highest BCUT2D eigenvalue weighted by atomic mass is 32.2. The molecule has 2 aliphatic rings. The molecule has 0 bridgehead atoms. The summed E-state index contributed by atoms with van der Waals surface area (Å²) in [4.78, 5) is 2.94. The van der Waals surface area contributed by atoms with Crippen LogP contribution in [0.4, 0.5) is 0 Å². The highest BCUT2D eigenvalue weighted by Crippen LogP contribution is 2.26. The molecule has 0 unspecified atom stereocenters. The van der Waals surface area contributed by atoms with Crippen molar-refractivity contribution in [3.8, 4) is 0 Å². The van der Waals surface area contributed by atoms with Crippen LogP contribution in [0.3, 0.4) is 0 Å². The smallest absolute Gasteiger partial charge is 0.243 e. The maximum absolute atomic E-state index is 12.6. The van der Waals surface area contributed by atoms with E-state index in [0.717, 1.165) is 52.0 Å². The van der Waals surface area contributed by atoms with Gasteiger partial charge in [0.25, 0.3) is 0 Å². The van der Waals surface area contributed by atoms with E-state index in [9.17, 15) is 8.42 Å². The number of rotatable bonds is 4. The van der Waals surface area contributed by atoms with Crippen molar-refractivity contribution in [1.29, 1.82) is 0 Å². The van der Waals surface area contributed by atoms with Gasteiger partial charge in [0.05, 0.1) is 4.90 Å². The highest BCUT2D eigenvalue weighted by Gasteiger charge is 2.33. The van der Waals surface area contributed by atoms with Crippen molar-refractivity contribution in [3.63, 3.8) is 0 Å². The molecule has 124 valence electrons. The molecule has 0 saturated carbocycles. The fourth-order valence-corrected chi connectivity index (χ4v) is 5.86. The lowest BCUT2D eigenvalue weighted by Crippen LogP contribution is -2.49. The van der Waals surface area contributed by atoms with Crippen LogP contribution in [-0.2, 0) is 14.8 Å². The normalized spacial score (nSPS) is 23.2. The lowest BCUT2D eigenvalue weighted by Gasteiger charge is -2.41. The number of sulfonamides is 1. The van der Waals surface area contributed by atoms with Gasteiger partial charge < -0.3 is 9.64 Å². The van der Waals surface area contributed by atoms with Crippen LogP contribution < -0.4 is 0 Å². The molecule has 0 atom stereocenters. The minimum absolute atomic E-state index is 0.112. The number of nitrogens with zero attached hydrogens (tertiary/aromatic N) is 2. The molecule has 3 rings (SSSR count). The lowest BCUT2D eigenvalue weighted by atomic mass is 10.00. The van der Waals surface area contributed by atoms with Crippen LogP contribution in [-0.4, -0.2) is 63.1 Å². The molecular weight excluding hydrogens is 320 g/mol. The lowest BCUT2D eigenvalue weighted by molar-refractivity contribution is 0.0208. The van der Waals surface area contributed by atoms with Gasteiger partial charge in [-0.1, -0.05) is 0 Å². The molecular formula is C15H24N2O3S2. The Kier molecular flexibility index (Phi) is 5.19. The van der Waals surface area contributed by atoms with Crippen LogP contribution in [0.5, 0.6) is 0 Å². The molecule has 1 aromatic rings. The van der Waals surface area contributed by atoms with Gasteiger partial charge in [-0.3, -0.25) is 0 Å². The number of likely N-dealkylation sites (tertiary alicyclic amines) is 1. The minimum atomic E-state index is -3.33. The van der Waals surface area contributed by atoms with Crippen LogP contribution >= 0.6 is 11.3 Å². The fraction of sp³-hybridized carbons (Fsp3) is 0.733. The Morgan fingerprint density at radius 3 is 2.50 bits per heavy atom. The monoisotopic (exact) mass is 344 g/mol. The molecule has 0 spiro atoms. The van der Waals surface area contributed by atoms with Gasteiger partial charge in [-0.25, -0.2) is 8.42 Å². The quantitative estimate of drug-likeness (QED) is 0.838. The van der Waals surface area contributed by atoms with Crippen LogP contribution in [0.15, 0.2) is 21.7 Å². The summed E-state index contributed by atoms with van der Waals surface area (Å²) < 4.78 is 32.2. The SMILES string of the molecule is CN(C1CCN(C2CCOCC2)CC1)S(=O)(=O)c1ccsc1. The molecule has 5 nitrogen and oxygen atoms in total. The van der Waals surface area contributed by atoms with E-state index in [4.69, 9.17) is 4.74 Å². The van der Waals surface area contributed by atoms with Gasteiger partial charge in [0.1, 0.15) is 0 Å². The summed E-state index contributed by atoms with van der Waals surface area (Å²) in [6.07, 6.45) is 4.04. The Morgan fingerprint density at radius 1 is 1.23 bits per heavy atom. The predicted octanol–water partition coefficient (Wildman–Crippen LogP) is 2.01. The first-order chi connectivity index (χ1) is 10.6. The Balaban J connectivity index is 1.59. The summed E-state index contributed by atoms with van der Waals surface area (Å²) in [7, 11) is -1.61.